The molecule has 0 saturated carbocycles. The van der Waals surface area contributed by atoms with E-state index in [1.807, 2.05) is 11.0 Å². The lowest BCUT2D eigenvalue weighted by Crippen LogP contribution is -2.44. The van der Waals surface area contributed by atoms with Gasteiger partial charge in [-0.2, -0.15) is 0 Å². The Morgan fingerprint density at radius 2 is 2.21 bits per heavy atom. The molecule has 1 heterocycles. The van der Waals surface area contributed by atoms with Crippen molar-refractivity contribution in [3.63, 3.8) is 0 Å². The Morgan fingerprint density at radius 3 is 2.86 bits per heavy atom. The largest absolute Gasteiger partial charge is 0.378 e. The summed E-state index contributed by atoms with van der Waals surface area (Å²) in [6, 6.07) is 0. The lowest BCUT2D eigenvalue weighted by molar-refractivity contribution is -0.134. The van der Waals surface area contributed by atoms with E-state index in [0.717, 1.165) is 26.1 Å². The zero-order valence-electron chi connectivity index (χ0n) is 8.50. The Hall–Kier alpha value is -0.870. The van der Waals surface area contributed by atoms with Crippen molar-refractivity contribution in [2.24, 2.45) is 0 Å². The second-order valence-corrected chi connectivity index (χ2v) is 3.25. The molecule has 0 bridgehead atoms. The quantitative estimate of drug-likeness (QED) is 0.500. The third-order valence-corrected chi connectivity index (χ3v) is 2.17. The summed E-state index contributed by atoms with van der Waals surface area (Å²) < 4.78 is 5.17. The van der Waals surface area contributed by atoms with Crippen molar-refractivity contribution in [2.45, 2.75) is 6.42 Å². The van der Waals surface area contributed by atoms with Gasteiger partial charge in [0.25, 0.3) is 0 Å². The molecule has 1 aliphatic rings. The van der Waals surface area contributed by atoms with Crippen LogP contribution in [0, 0.1) is 0 Å². The molecule has 4 heteroatoms. The highest BCUT2D eigenvalue weighted by molar-refractivity contribution is 5.78. The molecule has 14 heavy (non-hydrogen) atoms. The highest BCUT2D eigenvalue weighted by Crippen LogP contribution is 1.96. The number of rotatable bonds is 5. The second-order valence-electron chi connectivity index (χ2n) is 3.25. The van der Waals surface area contributed by atoms with Gasteiger partial charge in [-0.05, 0) is 13.0 Å². The van der Waals surface area contributed by atoms with Crippen LogP contribution in [0.25, 0.3) is 0 Å². The lowest BCUT2D eigenvalue weighted by Gasteiger charge is -2.26. The monoisotopic (exact) mass is 198 g/mol. The molecule has 0 radical (unpaired) electrons. The fourth-order valence-corrected chi connectivity index (χ4v) is 1.32. The van der Waals surface area contributed by atoms with Gasteiger partial charge in [0, 0.05) is 13.1 Å². The van der Waals surface area contributed by atoms with Crippen LogP contribution in [0.5, 0.6) is 0 Å². The average Bonchev–Trinajstić information content (AvgIpc) is 2.25. The lowest BCUT2D eigenvalue weighted by atomic mass is 10.4. The summed E-state index contributed by atoms with van der Waals surface area (Å²) in [6.07, 6.45) is 2.74. The maximum Gasteiger partial charge on any atom is 0.236 e. The molecule has 0 aromatic heterocycles. The Morgan fingerprint density at radius 1 is 1.50 bits per heavy atom. The highest BCUT2D eigenvalue weighted by atomic mass is 16.5. The number of ether oxygens (including phenoxy) is 1. The molecular weight excluding hydrogens is 180 g/mol. The van der Waals surface area contributed by atoms with Crippen molar-refractivity contribution in [3.05, 3.63) is 12.7 Å². The van der Waals surface area contributed by atoms with Crippen molar-refractivity contribution >= 4 is 5.91 Å². The fourth-order valence-electron chi connectivity index (χ4n) is 1.32. The number of nitrogens with zero attached hydrogens (tertiary/aromatic N) is 1. The highest BCUT2D eigenvalue weighted by Gasteiger charge is 2.15. The maximum absolute atomic E-state index is 11.5. The van der Waals surface area contributed by atoms with Gasteiger partial charge in [-0.1, -0.05) is 6.08 Å². The summed E-state index contributed by atoms with van der Waals surface area (Å²) in [6.45, 7) is 7.64. The summed E-state index contributed by atoms with van der Waals surface area (Å²) in [5, 5.41) is 3.08. The zero-order chi connectivity index (χ0) is 10.2. The number of nitrogens with one attached hydrogen (secondary N) is 1. The van der Waals surface area contributed by atoms with Gasteiger partial charge < -0.3 is 15.0 Å². The minimum Gasteiger partial charge on any atom is -0.378 e. The molecule has 1 saturated heterocycles. The van der Waals surface area contributed by atoms with Gasteiger partial charge in [0.15, 0.2) is 0 Å². The third-order valence-electron chi connectivity index (χ3n) is 2.17. The first kappa shape index (κ1) is 11.2. The standard InChI is InChI=1S/C10H18N2O2/c1-2-3-4-11-9-10(13)12-5-7-14-8-6-12/h2,11H,1,3-9H2. The van der Waals surface area contributed by atoms with E-state index >= 15 is 0 Å². The van der Waals surface area contributed by atoms with Crippen LogP contribution in [0.4, 0.5) is 0 Å². The van der Waals surface area contributed by atoms with Crippen molar-refractivity contribution in [2.75, 3.05) is 39.4 Å². The van der Waals surface area contributed by atoms with Crippen LogP contribution in [0.2, 0.25) is 0 Å². The number of carbonyl (C=O) groups excluding carboxylic acids is 1. The van der Waals surface area contributed by atoms with Crippen molar-refractivity contribution in [1.29, 1.82) is 0 Å². The molecule has 1 rings (SSSR count). The van der Waals surface area contributed by atoms with E-state index in [2.05, 4.69) is 11.9 Å². The summed E-state index contributed by atoms with van der Waals surface area (Å²) in [7, 11) is 0. The molecule has 80 valence electrons. The SMILES string of the molecule is C=CCCNCC(=O)N1CCOCC1. The Balaban J connectivity index is 2.10. The van der Waals surface area contributed by atoms with Gasteiger partial charge in [-0.15, -0.1) is 6.58 Å². The minimum absolute atomic E-state index is 0.164. The normalized spacial score (nSPS) is 16.7. The first-order valence-corrected chi connectivity index (χ1v) is 5.01. The molecule has 0 aromatic rings. The number of hydrogen-bond acceptors (Lipinski definition) is 3. The first-order chi connectivity index (χ1) is 6.84. The van der Waals surface area contributed by atoms with E-state index in [4.69, 9.17) is 4.74 Å². The second kappa shape index (κ2) is 6.56. The smallest absolute Gasteiger partial charge is 0.236 e. The topological polar surface area (TPSA) is 41.6 Å². The van der Waals surface area contributed by atoms with Gasteiger partial charge in [0.05, 0.1) is 19.8 Å². The Bertz CT molecular complexity index is 189. The zero-order valence-corrected chi connectivity index (χ0v) is 8.50. The molecule has 0 unspecified atom stereocenters. The Kier molecular flexibility index (Phi) is 5.25. The predicted molar refractivity (Wildman–Crippen MR) is 55.1 cm³/mol. The van der Waals surface area contributed by atoms with Gasteiger partial charge >= 0.3 is 0 Å². The van der Waals surface area contributed by atoms with Crippen LogP contribution in [-0.2, 0) is 9.53 Å². The molecular formula is C10H18N2O2. The van der Waals surface area contributed by atoms with Crippen LogP contribution in [-0.4, -0.2) is 50.2 Å². The number of carbonyl (C=O) groups is 1. The summed E-state index contributed by atoms with van der Waals surface area (Å²) in [5.74, 6) is 0.164. The first-order valence-electron chi connectivity index (χ1n) is 5.01. The van der Waals surface area contributed by atoms with Crippen LogP contribution < -0.4 is 5.32 Å². The van der Waals surface area contributed by atoms with Crippen molar-refractivity contribution in [1.82, 2.24) is 10.2 Å². The molecule has 1 fully saturated rings. The predicted octanol–water partition coefficient (Wildman–Crippen LogP) is 0.0109. The van der Waals surface area contributed by atoms with E-state index in [1.165, 1.54) is 0 Å². The van der Waals surface area contributed by atoms with Crippen LogP contribution in [0.3, 0.4) is 0 Å². The van der Waals surface area contributed by atoms with Crippen molar-refractivity contribution in [3.8, 4) is 0 Å². The summed E-state index contributed by atoms with van der Waals surface area (Å²) in [5.41, 5.74) is 0. The maximum atomic E-state index is 11.5. The van der Waals surface area contributed by atoms with Gasteiger partial charge in [-0.3, -0.25) is 4.79 Å². The Labute approximate surface area is 84.9 Å². The van der Waals surface area contributed by atoms with E-state index in [-0.39, 0.29) is 5.91 Å². The number of morpholine rings is 1. The van der Waals surface area contributed by atoms with Gasteiger partial charge in [0.2, 0.25) is 5.91 Å². The molecule has 1 amide bonds. The van der Waals surface area contributed by atoms with Gasteiger partial charge in [-0.25, -0.2) is 0 Å². The molecule has 0 aliphatic carbocycles. The number of hydrogen-bond donors (Lipinski definition) is 1. The van der Waals surface area contributed by atoms with Crippen LogP contribution in [0.1, 0.15) is 6.42 Å². The average molecular weight is 198 g/mol. The molecule has 4 nitrogen and oxygen atoms in total. The molecule has 1 aliphatic heterocycles. The molecule has 0 aromatic carbocycles. The van der Waals surface area contributed by atoms with E-state index < -0.39 is 0 Å². The van der Waals surface area contributed by atoms with E-state index in [0.29, 0.717) is 19.8 Å². The summed E-state index contributed by atoms with van der Waals surface area (Å²) >= 11 is 0. The molecule has 0 atom stereocenters. The van der Waals surface area contributed by atoms with Gasteiger partial charge in [0.1, 0.15) is 0 Å². The van der Waals surface area contributed by atoms with Crippen molar-refractivity contribution < 1.29 is 9.53 Å². The van der Waals surface area contributed by atoms with Crippen LogP contribution >= 0.6 is 0 Å². The minimum atomic E-state index is 0.164. The molecule has 1 N–H and O–H groups in total. The molecule has 0 spiro atoms. The van der Waals surface area contributed by atoms with E-state index in [1.54, 1.807) is 0 Å². The third kappa shape index (κ3) is 3.89. The van der Waals surface area contributed by atoms with E-state index in [9.17, 15) is 4.79 Å². The fraction of sp³-hybridized carbons (Fsp3) is 0.700. The number of amides is 1. The van der Waals surface area contributed by atoms with Crippen LogP contribution in [0.15, 0.2) is 12.7 Å². The summed E-state index contributed by atoms with van der Waals surface area (Å²) in [4.78, 5) is 13.4.